The van der Waals surface area contributed by atoms with Crippen molar-refractivity contribution in [3.05, 3.63) is 29.8 Å². The van der Waals surface area contributed by atoms with Crippen LogP contribution >= 0.6 is 0 Å². The van der Waals surface area contributed by atoms with Gasteiger partial charge in [-0.1, -0.05) is 0 Å². The second kappa shape index (κ2) is 6.57. The molecule has 1 aliphatic rings. The molecule has 0 spiro atoms. The Hall–Kier alpha value is -1.55. The number of hydrogen-bond donors (Lipinski definition) is 0. The number of esters is 1. The summed E-state index contributed by atoms with van der Waals surface area (Å²) in [6, 6.07) is 7.11. The zero-order valence-corrected chi connectivity index (χ0v) is 11.6. The van der Waals surface area contributed by atoms with Crippen LogP contribution in [0.4, 0.5) is 0 Å². The van der Waals surface area contributed by atoms with Gasteiger partial charge in [0.05, 0.1) is 19.3 Å². The molecule has 1 heterocycles. The van der Waals surface area contributed by atoms with Crippen LogP contribution < -0.4 is 4.74 Å². The molecule has 4 heteroatoms. The molecular weight excluding hydrogens is 242 g/mol. The third-order valence-electron chi connectivity index (χ3n) is 3.60. The van der Waals surface area contributed by atoms with Gasteiger partial charge < -0.3 is 14.4 Å². The van der Waals surface area contributed by atoms with Gasteiger partial charge in [0.1, 0.15) is 5.75 Å². The Morgan fingerprint density at radius 3 is 2.47 bits per heavy atom. The first kappa shape index (κ1) is 13.9. The van der Waals surface area contributed by atoms with E-state index in [1.54, 1.807) is 12.1 Å². The van der Waals surface area contributed by atoms with E-state index in [1.165, 1.54) is 20.0 Å². The molecule has 0 aromatic heterocycles. The largest absolute Gasteiger partial charge is 0.493 e. The predicted molar refractivity (Wildman–Crippen MR) is 73.5 cm³/mol. The number of piperidine rings is 1. The normalized spacial score (nSPS) is 17.2. The van der Waals surface area contributed by atoms with E-state index in [0.29, 0.717) is 11.5 Å². The molecule has 0 amide bonds. The van der Waals surface area contributed by atoms with Gasteiger partial charge in [0.15, 0.2) is 0 Å². The number of ether oxygens (including phenoxy) is 2. The number of benzene rings is 1. The fourth-order valence-electron chi connectivity index (χ4n) is 2.25. The summed E-state index contributed by atoms with van der Waals surface area (Å²) in [7, 11) is 3.54. The van der Waals surface area contributed by atoms with Gasteiger partial charge in [0.25, 0.3) is 0 Å². The zero-order valence-electron chi connectivity index (χ0n) is 11.6. The summed E-state index contributed by atoms with van der Waals surface area (Å²) in [6.45, 7) is 3.05. The van der Waals surface area contributed by atoms with E-state index in [9.17, 15) is 4.79 Å². The van der Waals surface area contributed by atoms with E-state index in [4.69, 9.17) is 4.74 Å². The van der Waals surface area contributed by atoms with Crippen LogP contribution in [-0.4, -0.2) is 44.7 Å². The Morgan fingerprint density at radius 2 is 1.89 bits per heavy atom. The lowest BCUT2D eigenvalue weighted by atomic mass is 9.98. The Bertz CT molecular complexity index is 408. The summed E-state index contributed by atoms with van der Waals surface area (Å²) in [5.74, 6) is 1.13. The van der Waals surface area contributed by atoms with Crippen molar-refractivity contribution in [1.82, 2.24) is 4.90 Å². The number of nitrogens with zero attached hydrogens (tertiary/aromatic N) is 1. The molecule has 19 heavy (non-hydrogen) atoms. The molecule has 0 bridgehead atoms. The van der Waals surface area contributed by atoms with Crippen LogP contribution in [0.3, 0.4) is 0 Å². The van der Waals surface area contributed by atoms with Crippen molar-refractivity contribution in [2.75, 3.05) is 33.9 Å². The van der Waals surface area contributed by atoms with Crippen molar-refractivity contribution in [1.29, 1.82) is 0 Å². The van der Waals surface area contributed by atoms with E-state index in [1.807, 2.05) is 12.1 Å². The highest BCUT2D eigenvalue weighted by Crippen LogP contribution is 2.19. The lowest BCUT2D eigenvalue weighted by Gasteiger charge is -2.28. The van der Waals surface area contributed by atoms with E-state index in [2.05, 4.69) is 16.7 Å². The predicted octanol–water partition coefficient (Wildman–Crippen LogP) is 2.19. The number of likely N-dealkylation sites (tertiary alicyclic amines) is 1. The Kier molecular flexibility index (Phi) is 4.80. The number of rotatable bonds is 4. The molecular formula is C15H21NO3. The van der Waals surface area contributed by atoms with Gasteiger partial charge in [0, 0.05) is 0 Å². The van der Waals surface area contributed by atoms with Crippen LogP contribution in [0.2, 0.25) is 0 Å². The molecule has 1 fully saturated rings. The van der Waals surface area contributed by atoms with Crippen LogP contribution in [0.1, 0.15) is 23.2 Å². The minimum atomic E-state index is -0.318. The van der Waals surface area contributed by atoms with Gasteiger partial charge in [-0.25, -0.2) is 4.79 Å². The Balaban J connectivity index is 1.81. The van der Waals surface area contributed by atoms with Crippen molar-refractivity contribution < 1.29 is 14.3 Å². The lowest BCUT2D eigenvalue weighted by molar-refractivity contribution is 0.0600. The summed E-state index contributed by atoms with van der Waals surface area (Å²) in [4.78, 5) is 13.6. The molecule has 0 N–H and O–H groups in total. The number of carbonyl (C=O) groups is 1. The molecule has 0 unspecified atom stereocenters. The molecule has 1 saturated heterocycles. The summed E-state index contributed by atoms with van der Waals surface area (Å²) in [6.07, 6.45) is 2.38. The van der Waals surface area contributed by atoms with Crippen LogP contribution in [0.15, 0.2) is 24.3 Å². The Labute approximate surface area is 114 Å². The van der Waals surface area contributed by atoms with Crippen LogP contribution in [-0.2, 0) is 4.74 Å². The highest BCUT2D eigenvalue weighted by atomic mass is 16.5. The molecule has 1 aliphatic heterocycles. The maximum absolute atomic E-state index is 11.3. The highest BCUT2D eigenvalue weighted by Gasteiger charge is 2.17. The van der Waals surface area contributed by atoms with Crippen molar-refractivity contribution in [3.63, 3.8) is 0 Å². The standard InChI is InChI=1S/C15H21NO3/c1-16-9-7-12(8-10-16)11-19-14-5-3-13(4-6-14)15(17)18-2/h3-6,12H,7-11H2,1-2H3. The van der Waals surface area contributed by atoms with Crippen LogP contribution in [0.5, 0.6) is 5.75 Å². The number of hydrogen-bond acceptors (Lipinski definition) is 4. The van der Waals surface area contributed by atoms with Gasteiger partial charge in [-0.2, -0.15) is 0 Å². The summed E-state index contributed by atoms with van der Waals surface area (Å²) >= 11 is 0. The second-order valence-corrected chi connectivity index (χ2v) is 5.07. The topological polar surface area (TPSA) is 38.8 Å². The van der Waals surface area contributed by atoms with Crippen LogP contribution in [0.25, 0.3) is 0 Å². The highest BCUT2D eigenvalue weighted by molar-refractivity contribution is 5.89. The fourth-order valence-corrected chi connectivity index (χ4v) is 2.25. The molecule has 104 valence electrons. The van der Waals surface area contributed by atoms with Crippen molar-refractivity contribution in [2.45, 2.75) is 12.8 Å². The second-order valence-electron chi connectivity index (χ2n) is 5.07. The average molecular weight is 263 g/mol. The lowest BCUT2D eigenvalue weighted by Crippen LogP contribution is -2.32. The SMILES string of the molecule is COC(=O)c1ccc(OCC2CCN(C)CC2)cc1. The molecule has 2 rings (SSSR count). The zero-order chi connectivity index (χ0) is 13.7. The first-order valence-electron chi connectivity index (χ1n) is 6.69. The molecule has 1 aromatic carbocycles. The summed E-state index contributed by atoms with van der Waals surface area (Å²) in [5, 5.41) is 0. The van der Waals surface area contributed by atoms with Gasteiger partial charge in [-0.3, -0.25) is 0 Å². The average Bonchev–Trinajstić information content (AvgIpc) is 2.46. The third-order valence-corrected chi connectivity index (χ3v) is 3.60. The molecule has 1 aromatic rings. The van der Waals surface area contributed by atoms with Crippen LogP contribution in [0, 0.1) is 5.92 Å². The number of methoxy groups -OCH3 is 1. The Morgan fingerprint density at radius 1 is 1.26 bits per heavy atom. The maximum Gasteiger partial charge on any atom is 0.337 e. The summed E-state index contributed by atoms with van der Waals surface area (Å²) in [5.41, 5.74) is 0.550. The van der Waals surface area contributed by atoms with E-state index < -0.39 is 0 Å². The van der Waals surface area contributed by atoms with Gasteiger partial charge in [-0.05, 0) is 63.2 Å². The molecule has 0 saturated carbocycles. The first-order chi connectivity index (χ1) is 9.19. The van der Waals surface area contributed by atoms with Crippen molar-refractivity contribution in [3.8, 4) is 5.75 Å². The van der Waals surface area contributed by atoms with E-state index in [-0.39, 0.29) is 5.97 Å². The maximum atomic E-state index is 11.3. The third kappa shape index (κ3) is 3.96. The van der Waals surface area contributed by atoms with Crippen molar-refractivity contribution >= 4 is 5.97 Å². The monoisotopic (exact) mass is 263 g/mol. The number of carbonyl (C=O) groups excluding carboxylic acids is 1. The minimum absolute atomic E-state index is 0.318. The minimum Gasteiger partial charge on any atom is -0.493 e. The quantitative estimate of drug-likeness (QED) is 0.781. The summed E-state index contributed by atoms with van der Waals surface area (Å²) < 4.78 is 10.4. The molecule has 0 atom stereocenters. The smallest absolute Gasteiger partial charge is 0.337 e. The van der Waals surface area contributed by atoms with E-state index in [0.717, 1.165) is 25.4 Å². The van der Waals surface area contributed by atoms with Gasteiger partial charge in [0.2, 0.25) is 0 Å². The molecule has 4 nitrogen and oxygen atoms in total. The fraction of sp³-hybridized carbons (Fsp3) is 0.533. The van der Waals surface area contributed by atoms with Crippen molar-refractivity contribution in [2.24, 2.45) is 5.92 Å². The van der Waals surface area contributed by atoms with Gasteiger partial charge >= 0.3 is 5.97 Å². The molecule has 0 radical (unpaired) electrons. The van der Waals surface area contributed by atoms with E-state index >= 15 is 0 Å². The molecule has 0 aliphatic carbocycles. The van der Waals surface area contributed by atoms with Gasteiger partial charge in [-0.15, -0.1) is 0 Å². The first-order valence-corrected chi connectivity index (χ1v) is 6.69.